The fourth-order valence-electron chi connectivity index (χ4n) is 5.09. The maximum absolute atomic E-state index is 13.6. The van der Waals surface area contributed by atoms with Gasteiger partial charge in [-0.05, 0) is 43.7 Å². The summed E-state index contributed by atoms with van der Waals surface area (Å²) in [5.74, 6) is 0.961. The minimum absolute atomic E-state index is 0.000568. The van der Waals surface area contributed by atoms with E-state index in [-0.39, 0.29) is 5.75 Å². The molecule has 2 aliphatic heterocycles. The summed E-state index contributed by atoms with van der Waals surface area (Å²) < 4.78 is 51.7. The van der Waals surface area contributed by atoms with Crippen LogP contribution in [-0.2, 0) is 15.3 Å². The summed E-state index contributed by atoms with van der Waals surface area (Å²) in [6, 6.07) is 9.58. The zero-order valence-electron chi connectivity index (χ0n) is 19.7. The van der Waals surface area contributed by atoms with Gasteiger partial charge >= 0.3 is 6.61 Å². The van der Waals surface area contributed by atoms with Crippen LogP contribution < -0.4 is 4.74 Å². The van der Waals surface area contributed by atoms with Crippen LogP contribution in [0.15, 0.2) is 58.1 Å². The Balaban J connectivity index is 1.54. The first-order valence-corrected chi connectivity index (χ1v) is 13.3. The molecule has 8 nitrogen and oxygen atoms in total. The van der Waals surface area contributed by atoms with E-state index in [0.29, 0.717) is 34.0 Å². The van der Waals surface area contributed by atoms with Gasteiger partial charge in [0.2, 0.25) is 0 Å². The third-order valence-corrected chi connectivity index (χ3v) is 8.45. The van der Waals surface area contributed by atoms with Gasteiger partial charge in [-0.15, -0.1) is 0 Å². The Morgan fingerprint density at radius 1 is 1.17 bits per heavy atom. The molecule has 2 aliphatic rings. The Bertz CT molecular complexity index is 1640. The molecule has 1 N–H and O–H groups in total. The number of nitrogens with zero attached hydrogens (tertiary/aromatic N) is 5. The van der Waals surface area contributed by atoms with Gasteiger partial charge in [0.25, 0.3) is 0 Å². The van der Waals surface area contributed by atoms with Crippen LogP contribution in [0.1, 0.15) is 49.6 Å². The van der Waals surface area contributed by atoms with Crippen molar-refractivity contribution in [3.05, 3.63) is 66.0 Å². The normalized spacial score (nSPS) is 22.8. The molecule has 0 saturated heterocycles. The Morgan fingerprint density at radius 3 is 2.61 bits per heavy atom. The number of aliphatic hydroxyl groups is 1. The van der Waals surface area contributed by atoms with Crippen molar-refractivity contribution in [2.24, 2.45) is 4.36 Å². The Labute approximate surface area is 206 Å². The van der Waals surface area contributed by atoms with Crippen molar-refractivity contribution in [3.63, 3.8) is 0 Å². The zero-order chi connectivity index (χ0) is 25.4. The van der Waals surface area contributed by atoms with E-state index in [1.165, 1.54) is 12.3 Å². The number of imidazole rings is 1. The summed E-state index contributed by atoms with van der Waals surface area (Å²) in [7, 11) is -2.86. The highest BCUT2D eigenvalue weighted by molar-refractivity contribution is 7.93. The van der Waals surface area contributed by atoms with Crippen LogP contribution >= 0.6 is 0 Å². The lowest BCUT2D eigenvalue weighted by molar-refractivity contribution is -0.0508. The minimum Gasteiger partial charge on any atom is -0.434 e. The molecule has 3 atom stereocenters. The van der Waals surface area contributed by atoms with E-state index >= 15 is 0 Å². The van der Waals surface area contributed by atoms with E-state index in [2.05, 4.69) is 14.3 Å². The predicted octanol–water partition coefficient (Wildman–Crippen LogP) is 4.83. The highest BCUT2D eigenvalue weighted by Gasteiger charge is 2.42. The molecule has 6 rings (SSSR count). The van der Waals surface area contributed by atoms with E-state index in [4.69, 9.17) is 9.72 Å². The quantitative estimate of drug-likeness (QED) is 0.421. The van der Waals surface area contributed by atoms with Gasteiger partial charge in [-0.3, -0.25) is 0 Å². The molecule has 1 unspecified atom stereocenters. The Morgan fingerprint density at radius 2 is 1.92 bits per heavy atom. The SMILES string of the molecule is CC(C)(O)c1ncc(-c2ccc3nc4n(c3c2)[C@@H]2C[C@H]4N=S(C)(=O)c3cccc(OC(F)F)c32)cn1. The molecule has 4 aromatic rings. The van der Waals surface area contributed by atoms with Crippen molar-refractivity contribution in [2.45, 2.75) is 49.5 Å². The van der Waals surface area contributed by atoms with Crippen LogP contribution in [0.4, 0.5) is 8.78 Å². The van der Waals surface area contributed by atoms with Gasteiger partial charge in [0, 0.05) is 36.2 Å². The Hall–Kier alpha value is -3.44. The predicted molar refractivity (Wildman–Crippen MR) is 129 cm³/mol. The fourth-order valence-corrected chi connectivity index (χ4v) is 6.84. The number of fused-ring (bicyclic) bond motifs is 9. The van der Waals surface area contributed by atoms with Gasteiger partial charge < -0.3 is 14.4 Å². The van der Waals surface area contributed by atoms with Crippen LogP contribution in [-0.4, -0.2) is 41.7 Å². The molecule has 0 amide bonds. The number of benzene rings is 2. The lowest BCUT2D eigenvalue weighted by atomic mass is 10.0. The summed E-state index contributed by atoms with van der Waals surface area (Å²) in [6.07, 6.45) is 5.28. The van der Waals surface area contributed by atoms with Crippen molar-refractivity contribution in [1.29, 1.82) is 0 Å². The summed E-state index contributed by atoms with van der Waals surface area (Å²) in [4.78, 5) is 13.8. The molecule has 0 spiro atoms. The van der Waals surface area contributed by atoms with Gasteiger partial charge in [-0.2, -0.15) is 8.78 Å². The van der Waals surface area contributed by atoms with E-state index in [9.17, 15) is 18.1 Å². The number of hydrogen-bond donors (Lipinski definition) is 1. The zero-order valence-corrected chi connectivity index (χ0v) is 20.5. The average Bonchev–Trinajstić information content (AvgIpc) is 3.31. The smallest absolute Gasteiger partial charge is 0.387 e. The number of halogens is 2. The molecule has 2 aromatic heterocycles. The Kier molecular flexibility index (Phi) is 4.97. The topological polar surface area (TPSA) is 102 Å². The second-order valence-corrected chi connectivity index (χ2v) is 11.9. The number of ether oxygens (including phenoxy) is 1. The van der Waals surface area contributed by atoms with Gasteiger partial charge in [0.05, 0.1) is 31.7 Å². The van der Waals surface area contributed by atoms with Crippen LogP contribution in [0.2, 0.25) is 0 Å². The van der Waals surface area contributed by atoms with E-state index in [1.807, 2.05) is 22.8 Å². The van der Waals surface area contributed by atoms with E-state index in [0.717, 1.165) is 16.6 Å². The fraction of sp³-hybridized carbons (Fsp3) is 0.320. The van der Waals surface area contributed by atoms with Crippen LogP contribution in [0, 0.1) is 0 Å². The first kappa shape index (κ1) is 23.0. The number of rotatable bonds is 4. The van der Waals surface area contributed by atoms with Crippen molar-refractivity contribution in [3.8, 4) is 16.9 Å². The molecule has 0 aliphatic carbocycles. The molecule has 2 aromatic carbocycles. The highest BCUT2D eigenvalue weighted by Crippen LogP contribution is 2.50. The van der Waals surface area contributed by atoms with Gasteiger partial charge in [-0.1, -0.05) is 12.1 Å². The molecule has 2 bridgehead atoms. The maximum atomic E-state index is 13.6. The molecular weight excluding hydrogens is 488 g/mol. The summed E-state index contributed by atoms with van der Waals surface area (Å²) in [5.41, 5.74) is 2.39. The minimum atomic E-state index is -3.01. The van der Waals surface area contributed by atoms with Crippen LogP contribution in [0.25, 0.3) is 22.2 Å². The van der Waals surface area contributed by atoms with Crippen molar-refractivity contribution >= 4 is 20.8 Å². The molecular formula is C25H23F2N5O3S. The molecule has 11 heteroatoms. The number of alkyl halides is 2. The monoisotopic (exact) mass is 511 g/mol. The van der Waals surface area contributed by atoms with Gasteiger partial charge in [0.15, 0.2) is 5.82 Å². The van der Waals surface area contributed by atoms with Crippen molar-refractivity contribution in [1.82, 2.24) is 19.5 Å². The first-order valence-electron chi connectivity index (χ1n) is 11.4. The molecule has 0 radical (unpaired) electrons. The van der Waals surface area contributed by atoms with E-state index in [1.54, 1.807) is 38.4 Å². The number of hydrogen-bond acceptors (Lipinski definition) is 7. The largest absolute Gasteiger partial charge is 0.434 e. The molecule has 0 saturated carbocycles. The lowest BCUT2D eigenvalue weighted by Gasteiger charge is -2.22. The van der Waals surface area contributed by atoms with Gasteiger partial charge in [0.1, 0.15) is 23.2 Å². The van der Waals surface area contributed by atoms with E-state index < -0.39 is 34.0 Å². The molecule has 36 heavy (non-hydrogen) atoms. The van der Waals surface area contributed by atoms with Crippen LogP contribution in [0.3, 0.4) is 0 Å². The van der Waals surface area contributed by atoms with Crippen LogP contribution in [0.5, 0.6) is 5.75 Å². The average molecular weight is 512 g/mol. The van der Waals surface area contributed by atoms with Crippen molar-refractivity contribution in [2.75, 3.05) is 6.26 Å². The molecule has 0 fully saturated rings. The maximum Gasteiger partial charge on any atom is 0.387 e. The second kappa shape index (κ2) is 7.78. The van der Waals surface area contributed by atoms with Crippen molar-refractivity contribution < 1.29 is 22.8 Å². The lowest BCUT2D eigenvalue weighted by Crippen LogP contribution is -2.19. The second-order valence-electron chi connectivity index (χ2n) is 9.62. The summed E-state index contributed by atoms with van der Waals surface area (Å²) in [5, 5.41) is 10.2. The summed E-state index contributed by atoms with van der Waals surface area (Å²) >= 11 is 0. The highest BCUT2D eigenvalue weighted by atomic mass is 32.2. The first-order chi connectivity index (χ1) is 17.0. The molecule has 4 heterocycles. The third-order valence-electron chi connectivity index (χ3n) is 6.62. The summed E-state index contributed by atoms with van der Waals surface area (Å²) in [6.45, 7) is 0.223. The number of aromatic nitrogens is 4. The third kappa shape index (κ3) is 3.56. The standard InChI is InChI=1S/C25H23F2N5O3S/c1-25(2,33)23-28-11-14(12-29-23)13-7-8-15-17(9-13)32-18-10-16(22(32)30-15)31-36(3,34)20-6-4-5-19(21(18)20)35-24(26)27/h4-9,11-12,16,18,24,33H,10H2,1-3H3/t16-,18-,36?/m1/s1. The van der Waals surface area contributed by atoms with Gasteiger partial charge in [-0.25, -0.2) is 23.5 Å². The molecule has 186 valence electrons.